The second kappa shape index (κ2) is 10.9. The molecule has 8 nitrogen and oxygen atoms in total. The fourth-order valence-corrected chi connectivity index (χ4v) is 2.74. The maximum atomic E-state index is 11.9. The van der Waals surface area contributed by atoms with Gasteiger partial charge in [-0.15, -0.1) is 0 Å². The number of esters is 1. The summed E-state index contributed by atoms with van der Waals surface area (Å²) in [5, 5.41) is 16.2. The van der Waals surface area contributed by atoms with Crippen molar-refractivity contribution in [3.8, 4) is 0 Å². The average Bonchev–Trinajstić information content (AvgIpc) is 2.68. The summed E-state index contributed by atoms with van der Waals surface area (Å²) >= 11 is 5.06. The number of anilines is 1. The molecule has 0 radical (unpaired) electrons. The molecule has 0 aliphatic rings. The Labute approximate surface area is 173 Å². The minimum Gasteiger partial charge on any atom is -0.465 e. The standard InChI is InChI=1S/C20H21N3O5S/c1-14-16(8-5-9-17(14)23(26)27)21-20(29)22-18(24)10-11-19(25)28-13-12-15-6-3-2-4-7-15/h2-9H,10-13H2,1H3,(H2,21,22,24,29). The first-order valence-electron chi connectivity index (χ1n) is 8.91. The van der Waals surface area contributed by atoms with Crippen LogP contribution in [0.4, 0.5) is 11.4 Å². The molecule has 0 saturated heterocycles. The highest BCUT2D eigenvalue weighted by Crippen LogP contribution is 2.24. The molecule has 0 unspecified atom stereocenters. The molecule has 0 aromatic heterocycles. The van der Waals surface area contributed by atoms with Crippen molar-refractivity contribution in [3.63, 3.8) is 0 Å². The summed E-state index contributed by atoms with van der Waals surface area (Å²) in [5.74, 6) is -0.921. The lowest BCUT2D eigenvalue weighted by Gasteiger charge is -2.11. The Morgan fingerprint density at radius 2 is 1.83 bits per heavy atom. The lowest BCUT2D eigenvalue weighted by atomic mass is 10.1. The summed E-state index contributed by atoms with van der Waals surface area (Å²) in [6, 6.07) is 14.1. The maximum absolute atomic E-state index is 11.9. The number of benzene rings is 2. The summed E-state index contributed by atoms with van der Waals surface area (Å²) in [6.45, 7) is 1.83. The second-order valence-corrected chi connectivity index (χ2v) is 6.57. The molecule has 0 aliphatic carbocycles. The predicted molar refractivity (Wildman–Crippen MR) is 113 cm³/mol. The molecule has 0 saturated carbocycles. The third-order valence-corrected chi connectivity index (χ3v) is 4.26. The Morgan fingerprint density at radius 1 is 1.10 bits per heavy atom. The highest BCUT2D eigenvalue weighted by molar-refractivity contribution is 7.80. The van der Waals surface area contributed by atoms with Crippen molar-refractivity contribution < 1.29 is 19.2 Å². The zero-order valence-electron chi connectivity index (χ0n) is 15.8. The smallest absolute Gasteiger partial charge is 0.306 e. The third-order valence-electron chi connectivity index (χ3n) is 4.06. The number of nitro benzene ring substituents is 1. The molecule has 0 atom stereocenters. The van der Waals surface area contributed by atoms with Crippen LogP contribution in [0.1, 0.15) is 24.0 Å². The van der Waals surface area contributed by atoms with E-state index in [1.165, 1.54) is 12.1 Å². The van der Waals surface area contributed by atoms with Crippen LogP contribution in [0.5, 0.6) is 0 Å². The van der Waals surface area contributed by atoms with E-state index in [1.807, 2.05) is 30.3 Å². The summed E-state index contributed by atoms with van der Waals surface area (Å²) in [7, 11) is 0. The van der Waals surface area contributed by atoms with Crippen molar-refractivity contribution in [3.05, 3.63) is 69.8 Å². The van der Waals surface area contributed by atoms with Gasteiger partial charge in [-0.1, -0.05) is 36.4 Å². The van der Waals surface area contributed by atoms with E-state index in [-0.39, 0.29) is 30.2 Å². The van der Waals surface area contributed by atoms with E-state index in [9.17, 15) is 19.7 Å². The van der Waals surface area contributed by atoms with Crippen molar-refractivity contribution >= 4 is 40.6 Å². The van der Waals surface area contributed by atoms with Gasteiger partial charge in [0.1, 0.15) is 0 Å². The molecule has 0 bridgehead atoms. The molecule has 1 amide bonds. The molecule has 0 spiro atoms. The minimum absolute atomic E-state index is 0.00366. The first-order chi connectivity index (χ1) is 13.9. The van der Waals surface area contributed by atoms with Gasteiger partial charge >= 0.3 is 5.97 Å². The molecule has 0 aliphatic heterocycles. The number of carbonyl (C=O) groups is 2. The van der Waals surface area contributed by atoms with Crippen LogP contribution >= 0.6 is 12.2 Å². The average molecular weight is 415 g/mol. The second-order valence-electron chi connectivity index (χ2n) is 6.17. The number of nitrogens with zero attached hydrogens (tertiary/aromatic N) is 1. The van der Waals surface area contributed by atoms with Crippen molar-refractivity contribution in [1.29, 1.82) is 0 Å². The van der Waals surface area contributed by atoms with Gasteiger partial charge in [0.25, 0.3) is 5.69 Å². The lowest BCUT2D eigenvalue weighted by Crippen LogP contribution is -2.34. The van der Waals surface area contributed by atoms with Gasteiger partial charge in [-0.2, -0.15) is 0 Å². The lowest BCUT2D eigenvalue weighted by molar-refractivity contribution is -0.385. The molecular weight excluding hydrogens is 394 g/mol. The molecule has 152 valence electrons. The Balaban J connectivity index is 1.72. The number of amides is 1. The topological polar surface area (TPSA) is 111 Å². The van der Waals surface area contributed by atoms with E-state index in [0.717, 1.165) is 5.56 Å². The largest absolute Gasteiger partial charge is 0.465 e. The van der Waals surface area contributed by atoms with Gasteiger partial charge in [0, 0.05) is 18.9 Å². The maximum Gasteiger partial charge on any atom is 0.306 e. The molecule has 2 aromatic rings. The van der Waals surface area contributed by atoms with Crippen LogP contribution in [0, 0.1) is 17.0 Å². The third kappa shape index (κ3) is 7.30. The Bertz CT molecular complexity index is 902. The fourth-order valence-electron chi connectivity index (χ4n) is 2.51. The molecule has 2 N–H and O–H groups in total. The van der Waals surface area contributed by atoms with Gasteiger partial charge in [0.05, 0.1) is 29.2 Å². The molecule has 9 heteroatoms. The monoisotopic (exact) mass is 415 g/mol. The van der Waals surface area contributed by atoms with Crippen LogP contribution in [0.25, 0.3) is 0 Å². The van der Waals surface area contributed by atoms with Crippen LogP contribution in [-0.2, 0) is 20.7 Å². The van der Waals surface area contributed by atoms with Gasteiger partial charge in [-0.25, -0.2) is 0 Å². The number of nitro groups is 1. The minimum atomic E-state index is -0.494. The van der Waals surface area contributed by atoms with Gasteiger partial charge in [0.2, 0.25) is 5.91 Å². The number of carbonyl (C=O) groups excluding carboxylic acids is 2. The quantitative estimate of drug-likeness (QED) is 0.295. The highest BCUT2D eigenvalue weighted by atomic mass is 32.1. The fraction of sp³-hybridized carbons (Fsp3) is 0.250. The normalized spacial score (nSPS) is 10.1. The summed E-state index contributed by atoms with van der Waals surface area (Å²) in [5.41, 5.74) is 1.83. The van der Waals surface area contributed by atoms with E-state index in [0.29, 0.717) is 17.7 Å². The van der Waals surface area contributed by atoms with Crippen LogP contribution in [0.2, 0.25) is 0 Å². The molecular formula is C20H21N3O5S. The van der Waals surface area contributed by atoms with E-state index < -0.39 is 16.8 Å². The first-order valence-corrected chi connectivity index (χ1v) is 9.32. The zero-order valence-corrected chi connectivity index (χ0v) is 16.7. The van der Waals surface area contributed by atoms with Crippen LogP contribution in [0.15, 0.2) is 48.5 Å². The zero-order chi connectivity index (χ0) is 21.2. The first kappa shape index (κ1) is 22.0. The summed E-state index contributed by atoms with van der Waals surface area (Å²) < 4.78 is 5.12. The van der Waals surface area contributed by atoms with Crippen LogP contribution in [0.3, 0.4) is 0 Å². The summed E-state index contributed by atoms with van der Waals surface area (Å²) in [4.78, 5) is 34.2. The number of thiocarbonyl (C=S) groups is 1. The van der Waals surface area contributed by atoms with Crippen LogP contribution in [-0.4, -0.2) is 28.5 Å². The molecule has 2 rings (SSSR count). The van der Waals surface area contributed by atoms with E-state index in [1.54, 1.807) is 13.0 Å². The Hall–Kier alpha value is -3.33. The Morgan fingerprint density at radius 3 is 2.52 bits per heavy atom. The number of hydrogen-bond acceptors (Lipinski definition) is 6. The number of nitrogens with one attached hydrogen (secondary N) is 2. The van der Waals surface area contributed by atoms with Gasteiger partial charge < -0.3 is 15.4 Å². The van der Waals surface area contributed by atoms with Crippen LogP contribution < -0.4 is 10.6 Å². The van der Waals surface area contributed by atoms with E-state index in [2.05, 4.69) is 10.6 Å². The summed E-state index contributed by atoms with van der Waals surface area (Å²) in [6.07, 6.45) is 0.453. The Kier molecular flexibility index (Phi) is 8.23. The van der Waals surface area contributed by atoms with Crippen molar-refractivity contribution in [2.75, 3.05) is 11.9 Å². The van der Waals surface area contributed by atoms with Gasteiger partial charge in [-0.05, 0) is 30.8 Å². The molecule has 2 aromatic carbocycles. The predicted octanol–water partition coefficient (Wildman–Crippen LogP) is 3.28. The number of rotatable bonds is 8. The number of hydrogen-bond donors (Lipinski definition) is 2. The molecule has 0 heterocycles. The van der Waals surface area contributed by atoms with Crippen molar-refractivity contribution in [1.82, 2.24) is 5.32 Å². The SMILES string of the molecule is Cc1c(NC(=S)NC(=O)CCC(=O)OCCc2ccccc2)cccc1[N+](=O)[O-]. The van der Waals surface area contributed by atoms with Gasteiger partial charge in [0.15, 0.2) is 5.11 Å². The van der Waals surface area contributed by atoms with Crippen molar-refractivity contribution in [2.45, 2.75) is 26.2 Å². The molecule has 29 heavy (non-hydrogen) atoms. The molecule has 0 fully saturated rings. The number of ether oxygens (including phenoxy) is 1. The highest BCUT2D eigenvalue weighted by Gasteiger charge is 2.15. The van der Waals surface area contributed by atoms with Crippen molar-refractivity contribution in [2.24, 2.45) is 0 Å². The van der Waals surface area contributed by atoms with E-state index >= 15 is 0 Å². The van der Waals surface area contributed by atoms with Gasteiger partial charge in [-0.3, -0.25) is 19.7 Å². The van der Waals surface area contributed by atoms with E-state index in [4.69, 9.17) is 17.0 Å².